The number of carbonyl (C=O) groups excluding carboxylic acids is 1. The maximum atomic E-state index is 10.9. The van der Waals surface area contributed by atoms with Crippen LogP contribution in [0.1, 0.15) is 39.0 Å². The molecular weight excluding hydrogens is 176 g/mol. The summed E-state index contributed by atoms with van der Waals surface area (Å²) in [7, 11) is 0. The third kappa shape index (κ3) is 2.47. The molecule has 0 aromatic carbocycles. The molecule has 2 aliphatic rings. The highest BCUT2D eigenvalue weighted by atomic mass is 16.1. The van der Waals surface area contributed by atoms with Gasteiger partial charge >= 0.3 is 0 Å². The van der Waals surface area contributed by atoms with Crippen LogP contribution in [0.2, 0.25) is 0 Å². The number of rotatable bonds is 5. The molecule has 3 atom stereocenters. The Balaban J connectivity index is 1.58. The lowest BCUT2D eigenvalue weighted by atomic mass is 10.2. The van der Waals surface area contributed by atoms with E-state index in [0.29, 0.717) is 6.04 Å². The van der Waals surface area contributed by atoms with Crippen molar-refractivity contribution in [2.24, 2.45) is 5.92 Å². The van der Waals surface area contributed by atoms with Gasteiger partial charge in [0.15, 0.2) is 0 Å². The molecule has 1 aliphatic carbocycles. The van der Waals surface area contributed by atoms with Crippen LogP contribution in [-0.4, -0.2) is 24.5 Å². The number of nitrogens with one attached hydrogen (secondary N) is 2. The summed E-state index contributed by atoms with van der Waals surface area (Å²) < 4.78 is 0. The fraction of sp³-hybridized carbons (Fsp3) is 0.909. The van der Waals surface area contributed by atoms with E-state index < -0.39 is 0 Å². The van der Waals surface area contributed by atoms with Gasteiger partial charge in [0.25, 0.3) is 0 Å². The van der Waals surface area contributed by atoms with Crippen molar-refractivity contribution >= 4 is 5.91 Å². The Labute approximate surface area is 85.6 Å². The van der Waals surface area contributed by atoms with E-state index in [1.807, 2.05) is 0 Å². The van der Waals surface area contributed by atoms with Gasteiger partial charge in [-0.05, 0) is 25.2 Å². The number of hydrogen-bond acceptors (Lipinski definition) is 2. The molecule has 0 spiro atoms. The first-order valence-corrected chi connectivity index (χ1v) is 5.82. The van der Waals surface area contributed by atoms with Crippen molar-refractivity contribution in [3.63, 3.8) is 0 Å². The second kappa shape index (κ2) is 4.30. The molecule has 2 fully saturated rings. The lowest BCUT2D eigenvalue weighted by molar-refractivity contribution is -0.119. The summed E-state index contributed by atoms with van der Waals surface area (Å²) in [5.41, 5.74) is 0. The number of hydrogen-bond donors (Lipinski definition) is 2. The van der Waals surface area contributed by atoms with Crippen LogP contribution in [0, 0.1) is 5.92 Å². The second-order valence-corrected chi connectivity index (χ2v) is 4.60. The minimum Gasteiger partial charge on any atom is -0.352 e. The Morgan fingerprint density at radius 3 is 3.07 bits per heavy atom. The predicted octanol–water partition coefficient (Wildman–Crippen LogP) is 1.04. The maximum absolute atomic E-state index is 10.9. The van der Waals surface area contributed by atoms with Crippen molar-refractivity contribution in [1.29, 1.82) is 0 Å². The smallest absolute Gasteiger partial charge is 0.220 e. The van der Waals surface area contributed by atoms with E-state index in [1.165, 1.54) is 19.3 Å². The highest BCUT2D eigenvalue weighted by Gasteiger charge is 2.36. The summed E-state index contributed by atoms with van der Waals surface area (Å²) in [6, 6.07) is 1.14. The lowest BCUT2D eigenvalue weighted by Gasteiger charge is -2.10. The molecule has 1 saturated carbocycles. The molecule has 3 nitrogen and oxygen atoms in total. The average Bonchev–Trinajstić information content (AvgIpc) is 2.77. The maximum Gasteiger partial charge on any atom is 0.220 e. The Bertz CT molecular complexity index is 217. The van der Waals surface area contributed by atoms with Gasteiger partial charge in [-0.25, -0.2) is 0 Å². The van der Waals surface area contributed by atoms with Crippen molar-refractivity contribution in [1.82, 2.24) is 10.6 Å². The Hall–Kier alpha value is -0.570. The molecule has 1 aliphatic heterocycles. The molecule has 2 rings (SSSR count). The van der Waals surface area contributed by atoms with Crippen LogP contribution < -0.4 is 10.6 Å². The highest BCUT2D eigenvalue weighted by molar-refractivity contribution is 5.78. The van der Waals surface area contributed by atoms with Gasteiger partial charge in [0, 0.05) is 25.0 Å². The topological polar surface area (TPSA) is 41.1 Å². The van der Waals surface area contributed by atoms with Crippen LogP contribution in [0.5, 0.6) is 0 Å². The molecule has 1 amide bonds. The van der Waals surface area contributed by atoms with Gasteiger partial charge in [-0.1, -0.05) is 13.3 Å². The minimum absolute atomic E-state index is 0.220. The Morgan fingerprint density at radius 2 is 2.43 bits per heavy atom. The highest BCUT2D eigenvalue weighted by Crippen LogP contribution is 2.34. The Kier molecular flexibility index (Phi) is 3.06. The van der Waals surface area contributed by atoms with Crippen LogP contribution >= 0.6 is 0 Å². The van der Waals surface area contributed by atoms with Crippen LogP contribution in [-0.2, 0) is 4.79 Å². The number of amides is 1. The standard InChI is InChI=1S/C11H20N2O/c1-2-3-8-6-10(8)12-7-9-4-5-11(14)13-9/h8-10,12H,2-7H2,1H3,(H,13,14). The van der Waals surface area contributed by atoms with Gasteiger partial charge in [0.2, 0.25) is 5.91 Å². The van der Waals surface area contributed by atoms with Crippen molar-refractivity contribution in [3.8, 4) is 0 Å². The molecule has 1 heterocycles. The van der Waals surface area contributed by atoms with Gasteiger partial charge in [-0.15, -0.1) is 0 Å². The summed E-state index contributed by atoms with van der Waals surface area (Å²) in [5, 5.41) is 6.52. The van der Waals surface area contributed by atoms with E-state index in [1.54, 1.807) is 0 Å². The third-order valence-electron chi connectivity index (χ3n) is 3.29. The zero-order valence-corrected chi connectivity index (χ0v) is 8.88. The monoisotopic (exact) mass is 196 g/mol. The summed E-state index contributed by atoms with van der Waals surface area (Å²) in [5.74, 6) is 1.13. The zero-order valence-electron chi connectivity index (χ0n) is 8.88. The van der Waals surface area contributed by atoms with E-state index in [0.717, 1.165) is 31.3 Å². The van der Waals surface area contributed by atoms with Crippen molar-refractivity contribution in [2.45, 2.75) is 51.1 Å². The minimum atomic E-state index is 0.220. The molecule has 3 heteroatoms. The largest absolute Gasteiger partial charge is 0.352 e. The fourth-order valence-electron chi connectivity index (χ4n) is 2.31. The molecule has 0 aromatic rings. The lowest BCUT2D eigenvalue weighted by Crippen LogP contribution is -2.36. The van der Waals surface area contributed by atoms with Crippen molar-refractivity contribution in [3.05, 3.63) is 0 Å². The second-order valence-electron chi connectivity index (χ2n) is 4.60. The van der Waals surface area contributed by atoms with E-state index in [-0.39, 0.29) is 5.91 Å². The third-order valence-corrected chi connectivity index (χ3v) is 3.29. The summed E-state index contributed by atoms with van der Waals surface area (Å²) >= 11 is 0. The molecule has 3 unspecified atom stereocenters. The van der Waals surface area contributed by atoms with Crippen LogP contribution in [0.15, 0.2) is 0 Å². The summed E-state index contributed by atoms with van der Waals surface area (Å²) in [4.78, 5) is 10.9. The van der Waals surface area contributed by atoms with Gasteiger partial charge in [-0.2, -0.15) is 0 Å². The van der Waals surface area contributed by atoms with Gasteiger partial charge in [0.05, 0.1) is 0 Å². The van der Waals surface area contributed by atoms with Gasteiger partial charge in [-0.3, -0.25) is 4.79 Å². The van der Waals surface area contributed by atoms with Gasteiger partial charge in [0.1, 0.15) is 0 Å². The Morgan fingerprint density at radius 1 is 1.57 bits per heavy atom. The first-order chi connectivity index (χ1) is 6.79. The van der Waals surface area contributed by atoms with E-state index in [2.05, 4.69) is 17.6 Å². The summed E-state index contributed by atoms with van der Waals surface area (Å²) in [6.07, 6.45) is 5.72. The quantitative estimate of drug-likeness (QED) is 0.690. The first-order valence-electron chi connectivity index (χ1n) is 5.82. The van der Waals surface area contributed by atoms with E-state index >= 15 is 0 Å². The molecule has 1 saturated heterocycles. The van der Waals surface area contributed by atoms with Crippen LogP contribution in [0.3, 0.4) is 0 Å². The average molecular weight is 196 g/mol. The van der Waals surface area contributed by atoms with E-state index in [9.17, 15) is 4.79 Å². The molecule has 0 radical (unpaired) electrons. The predicted molar refractivity (Wildman–Crippen MR) is 56.0 cm³/mol. The normalized spacial score (nSPS) is 35.8. The van der Waals surface area contributed by atoms with Gasteiger partial charge < -0.3 is 10.6 Å². The molecule has 14 heavy (non-hydrogen) atoms. The van der Waals surface area contributed by atoms with Crippen molar-refractivity contribution in [2.75, 3.05) is 6.54 Å². The summed E-state index contributed by atoms with van der Waals surface area (Å²) in [6.45, 7) is 3.21. The zero-order chi connectivity index (χ0) is 9.97. The van der Waals surface area contributed by atoms with E-state index in [4.69, 9.17) is 0 Å². The molecule has 0 bridgehead atoms. The van der Waals surface area contributed by atoms with Crippen LogP contribution in [0.25, 0.3) is 0 Å². The first kappa shape index (κ1) is 9.97. The molecular formula is C11H20N2O. The molecule has 2 N–H and O–H groups in total. The fourth-order valence-corrected chi connectivity index (χ4v) is 2.31. The number of carbonyl (C=O) groups is 1. The molecule has 80 valence electrons. The van der Waals surface area contributed by atoms with Crippen LogP contribution in [0.4, 0.5) is 0 Å². The SMILES string of the molecule is CCCC1CC1NCC1CCC(=O)N1. The van der Waals surface area contributed by atoms with Crippen molar-refractivity contribution < 1.29 is 4.79 Å². The molecule has 0 aromatic heterocycles.